The zero-order chi connectivity index (χ0) is 16.8. The Hall–Kier alpha value is -2.75. The lowest BCUT2D eigenvalue weighted by Crippen LogP contribution is -2.29. The van der Waals surface area contributed by atoms with E-state index in [1.54, 1.807) is 0 Å². The number of aromatic nitrogens is 4. The normalized spacial score (nSPS) is 12.2. The SMILES string of the molecule is O=c1nc2n(CCO)c3ccc(C(F)(F)F)cc3nc-2c(=O)[nH]1. The number of rotatable bonds is 2. The lowest BCUT2D eigenvalue weighted by Gasteiger charge is -2.16. The molecule has 2 N–H and O–H groups in total. The Kier molecular flexibility index (Phi) is 3.40. The number of fused-ring (bicyclic) bond motifs is 2. The van der Waals surface area contributed by atoms with Gasteiger partial charge in [0.25, 0.3) is 5.56 Å². The van der Waals surface area contributed by atoms with Crippen LogP contribution in [0.3, 0.4) is 0 Å². The Morgan fingerprint density at radius 2 is 1.96 bits per heavy atom. The molecule has 0 spiro atoms. The molecule has 0 aromatic heterocycles. The number of hydrogen-bond donors (Lipinski definition) is 2. The van der Waals surface area contributed by atoms with Crippen molar-refractivity contribution in [1.29, 1.82) is 0 Å². The number of nitrogens with zero attached hydrogens (tertiary/aromatic N) is 3. The minimum Gasteiger partial charge on any atom is -0.395 e. The van der Waals surface area contributed by atoms with Gasteiger partial charge in [-0.15, -0.1) is 0 Å². The summed E-state index contributed by atoms with van der Waals surface area (Å²) in [5.74, 6) is -0.0972. The lowest BCUT2D eigenvalue weighted by molar-refractivity contribution is -0.137. The van der Waals surface area contributed by atoms with Crippen molar-refractivity contribution >= 4 is 11.0 Å². The average molecular weight is 326 g/mol. The molecule has 1 aromatic rings. The highest BCUT2D eigenvalue weighted by molar-refractivity contribution is 5.80. The third-order valence-corrected chi connectivity index (χ3v) is 3.26. The third kappa shape index (κ3) is 2.57. The summed E-state index contributed by atoms with van der Waals surface area (Å²) >= 11 is 0. The number of aliphatic hydroxyl groups excluding tert-OH is 1. The summed E-state index contributed by atoms with van der Waals surface area (Å²) in [5.41, 5.74) is -2.82. The van der Waals surface area contributed by atoms with E-state index in [0.29, 0.717) is 0 Å². The maximum atomic E-state index is 12.8. The first kappa shape index (κ1) is 15.2. The van der Waals surface area contributed by atoms with Crippen molar-refractivity contribution in [3.8, 4) is 11.5 Å². The Morgan fingerprint density at radius 3 is 2.61 bits per heavy atom. The number of halogens is 3. The maximum Gasteiger partial charge on any atom is 0.416 e. The Labute approximate surface area is 125 Å². The first-order valence-corrected chi connectivity index (χ1v) is 6.44. The number of nitrogens with one attached hydrogen (secondary N) is 1. The fraction of sp³-hybridized carbons (Fsp3) is 0.231. The number of alkyl halides is 3. The number of hydrogen-bond acceptors (Lipinski definition) is 5. The predicted octanol–water partition coefficient (Wildman–Crippen LogP) is 0.596. The van der Waals surface area contributed by atoms with Crippen LogP contribution < -0.4 is 11.2 Å². The summed E-state index contributed by atoms with van der Waals surface area (Å²) < 4.78 is 39.7. The van der Waals surface area contributed by atoms with Crippen LogP contribution in [0.4, 0.5) is 13.2 Å². The van der Waals surface area contributed by atoms with Gasteiger partial charge in [-0.1, -0.05) is 0 Å². The predicted molar refractivity (Wildman–Crippen MR) is 73.1 cm³/mol. The molecule has 23 heavy (non-hydrogen) atoms. The van der Waals surface area contributed by atoms with E-state index in [9.17, 15) is 22.8 Å². The van der Waals surface area contributed by atoms with Crippen molar-refractivity contribution in [1.82, 2.24) is 19.5 Å². The van der Waals surface area contributed by atoms with E-state index in [0.717, 1.165) is 18.2 Å². The molecular weight excluding hydrogens is 317 g/mol. The summed E-state index contributed by atoms with van der Waals surface area (Å²) in [6.45, 7) is -0.417. The molecule has 0 unspecified atom stereocenters. The standard InChI is InChI=1S/C13H9F3N4O3/c14-13(15,16)6-1-2-8-7(5-6)17-9-10(20(8)3-4-21)18-12(23)19-11(9)22/h1-2,5,21H,3-4H2,(H,19,22,23). The molecule has 2 heterocycles. The van der Waals surface area contributed by atoms with Gasteiger partial charge in [0.1, 0.15) is 0 Å². The quantitative estimate of drug-likeness (QED) is 0.672. The van der Waals surface area contributed by atoms with Gasteiger partial charge in [0.2, 0.25) is 0 Å². The molecule has 3 rings (SSSR count). The molecule has 0 bridgehead atoms. The van der Waals surface area contributed by atoms with Crippen LogP contribution in [0.25, 0.3) is 22.6 Å². The third-order valence-electron chi connectivity index (χ3n) is 3.26. The second kappa shape index (κ2) is 5.16. The molecule has 0 atom stereocenters. The largest absolute Gasteiger partial charge is 0.416 e. The number of H-pyrrole nitrogens is 1. The molecule has 2 aliphatic rings. The molecule has 7 nitrogen and oxygen atoms in total. The maximum absolute atomic E-state index is 12.8. The van der Waals surface area contributed by atoms with E-state index in [-0.39, 0.29) is 35.7 Å². The number of benzene rings is 1. The molecule has 0 fully saturated rings. The summed E-state index contributed by atoms with van der Waals surface area (Å²) in [6.07, 6.45) is -4.56. The van der Waals surface area contributed by atoms with Crippen LogP contribution in [0, 0.1) is 0 Å². The number of aromatic amines is 1. The van der Waals surface area contributed by atoms with Crippen molar-refractivity contribution in [3.63, 3.8) is 0 Å². The fourth-order valence-corrected chi connectivity index (χ4v) is 2.30. The molecule has 10 heteroatoms. The van der Waals surface area contributed by atoms with Gasteiger partial charge >= 0.3 is 11.9 Å². The van der Waals surface area contributed by atoms with Crippen molar-refractivity contribution < 1.29 is 18.3 Å². The minimum atomic E-state index is -4.56. The molecule has 0 saturated heterocycles. The Bertz CT molecular complexity index is 977. The monoisotopic (exact) mass is 326 g/mol. The van der Waals surface area contributed by atoms with E-state index in [4.69, 9.17) is 5.11 Å². The molecule has 0 amide bonds. The minimum absolute atomic E-state index is 0.0588. The van der Waals surface area contributed by atoms with Gasteiger partial charge in [0.15, 0.2) is 11.5 Å². The second-order valence-corrected chi connectivity index (χ2v) is 4.73. The molecular formula is C13H9F3N4O3. The van der Waals surface area contributed by atoms with Crippen molar-refractivity contribution in [2.24, 2.45) is 0 Å². The molecule has 120 valence electrons. The van der Waals surface area contributed by atoms with Crippen molar-refractivity contribution in [3.05, 3.63) is 44.6 Å². The van der Waals surface area contributed by atoms with Gasteiger partial charge in [-0.05, 0) is 18.2 Å². The summed E-state index contributed by atoms with van der Waals surface area (Å²) in [6, 6.07) is 2.82. The molecule has 0 saturated carbocycles. The van der Waals surface area contributed by atoms with E-state index in [2.05, 4.69) is 9.97 Å². The highest BCUT2D eigenvalue weighted by atomic mass is 19.4. The lowest BCUT2D eigenvalue weighted by atomic mass is 10.1. The van der Waals surface area contributed by atoms with Gasteiger partial charge < -0.3 is 9.67 Å². The Balaban J connectivity index is 2.45. The van der Waals surface area contributed by atoms with Crippen LogP contribution >= 0.6 is 0 Å². The van der Waals surface area contributed by atoms with Crippen LogP contribution in [0.5, 0.6) is 0 Å². The topological polar surface area (TPSA) is 101 Å². The molecule has 0 aliphatic carbocycles. The van der Waals surface area contributed by atoms with Gasteiger partial charge in [-0.3, -0.25) is 9.78 Å². The van der Waals surface area contributed by atoms with Crippen LogP contribution in [0.15, 0.2) is 27.8 Å². The fourth-order valence-electron chi connectivity index (χ4n) is 2.30. The summed E-state index contributed by atoms with van der Waals surface area (Å²) in [4.78, 5) is 32.6. The van der Waals surface area contributed by atoms with Crippen LogP contribution in [0.1, 0.15) is 5.56 Å². The van der Waals surface area contributed by atoms with Crippen LogP contribution in [0.2, 0.25) is 0 Å². The molecule has 2 aliphatic heterocycles. The van der Waals surface area contributed by atoms with Crippen molar-refractivity contribution in [2.45, 2.75) is 12.7 Å². The summed E-state index contributed by atoms with van der Waals surface area (Å²) in [5, 5.41) is 9.15. The van der Waals surface area contributed by atoms with E-state index < -0.39 is 23.0 Å². The highest BCUT2D eigenvalue weighted by Gasteiger charge is 2.31. The highest BCUT2D eigenvalue weighted by Crippen LogP contribution is 2.31. The van der Waals surface area contributed by atoms with E-state index in [1.807, 2.05) is 4.98 Å². The van der Waals surface area contributed by atoms with Crippen molar-refractivity contribution in [2.75, 3.05) is 6.61 Å². The van der Waals surface area contributed by atoms with E-state index in [1.165, 1.54) is 4.57 Å². The van der Waals surface area contributed by atoms with E-state index >= 15 is 0 Å². The smallest absolute Gasteiger partial charge is 0.395 e. The van der Waals surface area contributed by atoms with Crippen LogP contribution in [-0.2, 0) is 12.7 Å². The second-order valence-electron chi connectivity index (χ2n) is 4.73. The van der Waals surface area contributed by atoms with Gasteiger partial charge in [-0.25, -0.2) is 9.78 Å². The first-order valence-electron chi connectivity index (χ1n) is 6.44. The van der Waals surface area contributed by atoms with Gasteiger partial charge in [-0.2, -0.15) is 18.2 Å². The Morgan fingerprint density at radius 1 is 1.22 bits per heavy atom. The van der Waals surface area contributed by atoms with Gasteiger partial charge in [0, 0.05) is 6.54 Å². The molecule has 0 radical (unpaired) electrons. The summed E-state index contributed by atoms with van der Waals surface area (Å²) in [7, 11) is 0. The first-order chi connectivity index (χ1) is 10.8. The van der Waals surface area contributed by atoms with Gasteiger partial charge in [0.05, 0.1) is 23.2 Å². The average Bonchev–Trinajstić information content (AvgIpc) is 2.46. The van der Waals surface area contributed by atoms with Crippen LogP contribution in [-0.4, -0.2) is 31.2 Å². The molecule has 1 aromatic carbocycles. The zero-order valence-corrected chi connectivity index (χ0v) is 11.4. The zero-order valence-electron chi connectivity index (χ0n) is 11.4. The number of aliphatic hydroxyl groups is 1.